The van der Waals surface area contributed by atoms with Crippen LogP contribution in [0, 0.1) is 0 Å². The predicted molar refractivity (Wildman–Crippen MR) is 189 cm³/mol. The van der Waals surface area contributed by atoms with Crippen LogP contribution < -0.4 is 20.3 Å². The quantitative estimate of drug-likeness (QED) is 0.139. The largest absolute Gasteiger partial charge is 0.508 e. The molecule has 2 aliphatic rings. The Kier molecular flexibility index (Phi) is 10.9. The molecule has 6 N–H and O–H groups in total. The number of aromatic hydroxyl groups is 2. The number of piperidine rings is 1. The molecule has 4 aromatic rings. The van der Waals surface area contributed by atoms with Crippen molar-refractivity contribution >= 4 is 17.6 Å². The van der Waals surface area contributed by atoms with Gasteiger partial charge in [-0.25, -0.2) is 9.97 Å². The second-order valence-electron chi connectivity index (χ2n) is 13.3. The molecule has 2 aromatic heterocycles. The monoisotopic (exact) mass is 716 g/mol. The van der Waals surface area contributed by atoms with Crippen molar-refractivity contribution < 1.29 is 39.5 Å². The third-order valence-electron chi connectivity index (χ3n) is 9.28. The lowest BCUT2D eigenvalue weighted by Gasteiger charge is -2.36. The van der Waals surface area contributed by atoms with E-state index in [-0.39, 0.29) is 47.3 Å². The number of hydrogen-bond donors (Lipinski definition) is 6. The number of aliphatic hydroxyl groups is 2. The fourth-order valence-corrected chi connectivity index (χ4v) is 6.45. The average Bonchev–Trinajstić information content (AvgIpc) is 3.56. The summed E-state index contributed by atoms with van der Waals surface area (Å²) >= 11 is 0. The zero-order chi connectivity index (χ0) is 37.1. The van der Waals surface area contributed by atoms with Gasteiger partial charge in [-0.2, -0.15) is 0 Å². The molecule has 16 nitrogen and oxygen atoms in total. The first-order valence-corrected chi connectivity index (χ1v) is 17.4. The van der Waals surface area contributed by atoms with Crippen molar-refractivity contribution in [1.82, 2.24) is 35.4 Å². The average molecular weight is 717 g/mol. The minimum Gasteiger partial charge on any atom is -0.508 e. The number of nitrogens with one attached hydrogen (secondary N) is 2. The van der Waals surface area contributed by atoms with Gasteiger partial charge in [0.1, 0.15) is 41.0 Å². The van der Waals surface area contributed by atoms with Crippen LogP contribution in [0.15, 0.2) is 48.8 Å². The van der Waals surface area contributed by atoms with Crippen molar-refractivity contribution in [1.29, 1.82) is 0 Å². The van der Waals surface area contributed by atoms with Crippen molar-refractivity contribution in [3.05, 3.63) is 65.9 Å². The van der Waals surface area contributed by atoms with Crippen LogP contribution in [0.4, 0.5) is 5.82 Å². The summed E-state index contributed by atoms with van der Waals surface area (Å²) in [7, 11) is 0. The molecule has 276 valence electrons. The number of aromatic nitrogens is 5. The van der Waals surface area contributed by atoms with Crippen molar-refractivity contribution in [3.8, 4) is 34.3 Å². The Morgan fingerprint density at radius 2 is 1.73 bits per heavy atom. The summed E-state index contributed by atoms with van der Waals surface area (Å²) < 4.78 is 13.1. The summed E-state index contributed by atoms with van der Waals surface area (Å²) in [5, 5.41) is 55.3. The fourth-order valence-electron chi connectivity index (χ4n) is 6.45. The second kappa shape index (κ2) is 15.5. The summed E-state index contributed by atoms with van der Waals surface area (Å²) in [4.78, 5) is 36.6. The maximum absolute atomic E-state index is 13.0. The normalized spacial score (nSPS) is 20.9. The maximum Gasteiger partial charge on any atom is 0.289 e. The number of carbonyl (C=O) groups is 2. The van der Waals surface area contributed by atoms with E-state index in [9.17, 15) is 30.0 Å². The van der Waals surface area contributed by atoms with Crippen LogP contribution in [0.5, 0.6) is 17.2 Å². The number of phenolic OH excluding ortho intramolecular Hbond substituents is 2. The Hall–Kier alpha value is -5.32. The van der Waals surface area contributed by atoms with Gasteiger partial charge >= 0.3 is 0 Å². The van der Waals surface area contributed by atoms with E-state index >= 15 is 0 Å². The molecule has 0 radical (unpaired) electrons. The van der Waals surface area contributed by atoms with Crippen molar-refractivity contribution in [2.75, 3.05) is 24.5 Å². The van der Waals surface area contributed by atoms with Gasteiger partial charge < -0.3 is 45.4 Å². The molecule has 4 unspecified atom stereocenters. The molecule has 2 fully saturated rings. The summed E-state index contributed by atoms with van der Waals surface area (Å²) in [5.74, 6) is 0.362. The summed E-state index contributed by atoms with van der Waals surface area (Å²) in [6.07, 6.45) is 1.71. The predicted octanol–water partition coefficient (Wildman–Crippen LogP) is 2.64. The zero-order valence-corrected chi connectivity index (χ0v) is 29.4. The smallest absolute Gasteiger partial charge is 0.289 e. The standard InChI is InChI=1S/C36H44N8O8/c1-5-37-36(50)34-42-41-33(25-14-24(19(2)3)28(45)16-29(25)46)44(34)21-6-8-22(9-7-21)52-23-10-12-43(13-11-23)30-18-38-27(17-39-30)35(49)40-26-15-31(47)51-20(4)32(26)48/h6-9,14,16-20,23,26,31-32,45-48H,5,10-13,15H2,1-4H3,(H,37,50)(H,40,49). The van der Waals surface area contributed by atoms with Crippen LogP contribution in [-0.4, -0.2) is 107 Å². The van der Waals surface area contributed by atoms with E-state index in [0.717, 1.165) is 0 Å². The Bertz CT molecular complexity index is 1880. The highest BCUT2D eigenvalue weighted by molar-refractivity contribution is 5.93. The second-order valence-corrected chi connectivity index (χ2v) is 13.3. The molecular formula is C36H44N8O8. The molecule has 0 bridgehead atoms. The summed E-state index contributed by atoms with van der Waals surface area (Å²) in [5.41, 5.74) is 1.62. The Morgan fingerprint density at radius 3 is 2.38 bits per heavy atom. The minimum absolute atomic E-state index is 0.0325. The van der Waals surface area contributed by atoms with Crippen LogP contribution in [0.2, 0.25) is 0 Å². The lowest BCUT2D eigenvalue weighted by atomic mass is 9.98. The summed E-state index contributed by atoms with van der Waals surface area (Å²) in [6.45, 7) is 8.98. The number of hydrogen-bond acceptors (Lipinski definition) is 13. The molecule has 2 aliphatic heterocycles. The number of benzene rings is 2. The third-order valence-corrected chi connectivity index (χ3v) is 9.28. The van der Waals surface area contributed by atoms with E-state index < -0.39 is 36.4 Å². The number of phenols is 2. The molecule has 2 saturated heterocycles. The fraction of sp³-hybridized carbons (Fsp3) is 0.444. The molecule has 4 heterocycles. The number of rotatable bonds is 10. The molecule has 2 amide bonds. The lowest BCUT2D eigenvalue weighted by molar-refractivity contribution is -0.201. The van der Waals surface area contributed by atoms with Gasteiger partial charge in [-0.3, -0.25) is 14.2 Å². The lowest BCUT2D eigenvalue weighted by Crippen LogP contribution is -2.54. The van der Waals surface area contributed by atoms with Gasteiger partial charge in [0.05, 0.1) is 30.1 Å². The van der Waals surface area contributed by atoms with Gasteiger partial charge in [0.15, 0.2) is 12.1 Å². The number of carbonyl (C=O) groups excluding carboxylic acids is 2. The highest BCUT2D eigenvalue weighted by Gasteiger charge is 2.36. The first-order chi connectivity index (χ1) is 24.9. The van der Waals surface area contributed by atoms with E-state index in [2.05, 4.69) is 35.7 Å². The molecule has 0 aliphatic carbocycles. The molecular weight excluding hydrogens is 672 g/mol. The first kappa shape index (κ1) is 36.5. The summed E-state index contributed by atoms with van der Waals surface area (Å²) in [6, 6.07) is 9.45. The number of ether oxygens (including phenoxy) is 2. The number of amides is 2. The molecule has 16 heteroatoms. The van der Waals surface area contributed by atoms with Crippen LogP contribution in [0.1, 0.15) is 79.5 Å². The van der Waals surface area contributed by atoms with E-state index in [4.69, 9.17) is 9.47 Å². The minimum atomic E-state index is -1.07. The molecule has 0 saturated carbocycles. The van der Waals surface area contributed by atoms with Crippen molar-refractivity contribution in [2.24, 2.45) is 0 Å². The molecule has 52 heavy (non-hydrogen) atoms. The van der Waals surface area contributed by atoms with Crippen molar-refractivity contribution in [3.63, 3.8) is 0 Å². The Balaban J connectivity index is 1.10. The maximum atomic E-state index is 13.0. The molecule has 4 atom stereocenters. The van der Waals surface area contributed by atoms with Gasteiger partial charge in [-0.1, -0.05) is 13.8 Å². The van der Waals surface area contributed by atoms with E-state index in [1.165, 1.54) is 12.3 Å². The zero-order valence-electron chi connectivity index (χ0n) is 29.4. The Labute approximate surface area is 300 Å². The topological polar surface area (TPSA) is 217 Å². The number of anilines is 1. The van der Waals surface area contributed by atoms with Gasteiger partial charge in [0, 0.05) is 50.7 Å². The van der Waals surface area contributed by atoms with E-state index in [1.807, 2.05) is 13.8 Å². The van der Waals surface area contributed by atoms with Crippen LogP contribution in [0.3, 0.4) is 0 Å². The van der Waals surface area contributed by atoms with Gasteiger partial charge in [-0.05, 0) is 55.7 Å². The third kappa shape index (κ3) is 7.78. The van der Waals surface area contributed by atoms with Crippen LogP contribution in [-0.2, 0) is 4.74 Å². The number of nitrogens with zero attached hydrogens (tertiary/aromatic N) is 6. The SMILES string of the molecule is CCNC(=O)c1nnc(-c2cc(C(C)C)c(O)cc2O)n1-c1ccc(OC2CCN(c3cnc(C(=O)NC4CC(O)OC(C)C4O)cn3)CC2)cc1. The van der Waals surface area contributed by atoms with Gasteiger partial charge in [-0.15, -0.1) is 10.2 Å². The highest BCUT2D eigenvalue weighted by Crippen LogP contribution is 2.38. The highest BCUT2D eigenvalue weighted by atomic mass is 16.6. The Morgan fingerprint density at radius 1 is 1.00 bits per heavy atom. The van der Waals surface area contributed by atoms with E-state index in [1.54, 1.807) is 54.9 Å². The van der Waals surface area contributed by atoms with Gasteiger partial charge in [0.2, 0.25) is 5.82 Å². The van der Waals surface area contributed by atoms with E-state index in [0.29, 0.717) is 60.9 Å². The van der Waals surface area contributed by atoms with Crippen molar-refractivity contribution in [2.45, 2.75) is 83.5 Å². The molecule has 6 rings (SSSR count). The van der Waals surface area contributed by atoms with Crippen LogP contribution in [0.25, 0.3) is 17.1 Å². The van der Waals surface area contributed by atoms with Crippen LogP contribution >= 0.6 is 0 Å². The number of aliphatic hydroxyl groups excluding tert-OH is 2. The molecule has 0 spiro atoms. The first-order valence-electron chi connectivity index (χ1n) is 17.4. The molecule has 2 aromatic carbocycles. The van der Waals surface area contributed by atoms with Gasteiger partial charge in [0.25, 0.3) is 11.8 Å².